The number of ether oxygens (including phenoxy) is 1. The molecule has 1 aliphatic heterocycles. The highest BCUT2D eigenvalue weighted by molar-refractivity contribution is 6.31. The van der Waals surface area contributed by atoms with E-state index in [0.717, 1.165) is 50.0 Å². The summed E-state index contributed by atoms with van der Waals surface area (Å²) in [5.74, 6) is 1.19. The van der Waals surface area contributed by atoms with Crippen LogP contribution in [0.1, 0.15) is 5.56 Å². The van der Waals surface area contributed by atoms with Crippen LogP contribution in [0.4, 0.5) is 11.8 Å². The highest BCUT2D eigenvalue weighted by Crippen LogP contribution is 2.16. The number of aromatic nitrogens is 3. The van der Waals surface area contributed by atoms with E-state index in [0.29, 0.717) is 18.3 Å². The van der Waals surface area contributed by atoms with E-state index in [9.17, 15) is 0 Å². The lowest BCUT2D eigenvalue weighted by atomic mass is 10.2. The largest absolute Gasteiger partial charge is 0.379 e. The molecule has 2 N–H and O–H groups in total. The van der Waals surface area contributed by atoms with Crippen LogP contribution >= 0.6 is 11.6 Å². The molecule has 8 heteroatoms. The van der Waals surface area contributed by atoms with Crippen molar-refractivity contribution in [2.45, 2.75) is 6.54 Å². The Labute approximate surface area is 146 Å². The quantitative estimate of drug-likeness (QED) is 0.791. The highest BCUT2D eigenvalue weighted by Gasteiger charge is 2.09. The average molecular weight is 349 g/mol. The summed E-state index contributed by atoms with van der Waals surface area (Å²) >= 11 is 6.15. The molecule has 2 aromatic rings. The van der Waals surface area contributed by atoms with Gasteiger partial charge in [-0.05, 0) is 11.6 Å². The van der Waals surface area contributed by atoms with Gasteiger partial charge in [0, 0.05) is 37.7 Å². The second-order valence-corrected chi connectivity index (χ2v) is 5.90. The normalized spacial score (nSPS) is 15.2. The summed E-state index contributed by atoms with van der Waals surface area (Å²) in [6.45, 7) is 5.85. The molecule has 0 amide bonds. The fourth-order valence-electron chi connectivity index (χ4n) is 2.44. The number of anilines is 2. The molecule has 0 saturated carbocycles. The zero-order chi connectivity index (χ0) is 16.6. The van der Waals surface area contributed by atoms with Crippen LogP contribution < -0.4 is 10.6 Å². The van der Waals surface area contributed by atoms with Gasteiger partial charge in [-0.15, -0.1) is 5.10 Å². The van der Waals surface area contributed by atoms with Crippen molar-refractivity contribution in [3.05, 3.63) is 41.0 Å². The molecule has 24 heavy (non-hydrogen) atoms. The van der Waals surface area contributed by atoms with E-state index in [2.05, 4.69) is 30.7 Å². The first-order valence-corrected chi connectivity index (χ1v) is 8.40. The summed E-state index contributed by atoms with van der Waals surface area (Å²) in [6, 6.07) is 7.72. The summed E-state index contributed by atoms with van der Waals surface area (Å²) in [5, 5.41) is 15.2. The smallest absolute Gasteiger partial charge is 0.244 e. The summed E-state index contributed by atoms with van der Waals surface area (Å²) in [7, 11) is 0. The molecule has 2 heterocycles. The van der Waals surface area contributed by atoms with Crippen molar-refractivity contribution in [2.24, 2.45) is 0 Å². The lowest BCUT2D eigenvalue weighted by Gasteiger charge is -2.26. The minimum Gasteiger partial charge on any atom is -0.379 e. The molecule has 1 aromatic carbocycles. The maximum atomic E-state index is 6.15. The highest BCUT2D eigenvalue weighted by atomic mass is 35.5. The predicted molar refractivity (Wildman–Crippen MR) is 94.4 cm³/mol. The lowest BCUT2D eigenvalue weighted by molar-refractivity contribution is 0.0398. The molecule has 0 aliphatic carbocycles. The first kappa shape index (κ1) is 16.9. The molecule has 1 aromatic heterocycles. The van der Waals surface area contributed by atoms with Crippen molar-refractivity contribution in [3.63, 3.8) is 0 Å². The topological polar surface area (TPSA) is 75.2 Å². The molecule has 0 spiro atoms. The van der Waals surface area contributed by atoms with Crippen LogP contribution in [0.15, 0.2) is 30.5 Å². The number of halogens is 1. The second-order valence-electron chi connectivity index (χ2n) is 5.49. The van der Waals surface area contributed by atoms with Crippen molar-refractivity contribution in [3.8, 4) is 0 Å². The van der Waals surface area contributed by atoms with Crippen LogP contribution in [0.3, 0.4) is 0 Å². The molecule has 0 radical (unpaired) electrons. The van der Waals surface area contributed by atoms with Gasteiger partial charge in [-0.3, -0.25) is 4.90 Å². The van der Waals surface area contributed by atoms with Gasteiger partial charge in [0.1, 0.15) is 0 Å². The number of hydrogen-bond acceptors (Lipinski definition) is 7. The third kappa shape index (κ3) is 5.02. The fourth-order valence-corrected chi connectivity index (χ4v) is 2.64. The van der Waals surface area contributed by atoms with Gasteiger partial charge in [-0.25, -0.2) is 0 Å². The average Bonchev–Trinajstić information content (AvgIpc) is 2.62. The summed E-state index contributed by atoms with van der Waals surface area (Å²) in [6.07, 6.45) is 1.60. The number of hydrogen-bond donors (Lipinski definition) is 2. The molecular weight excluding hydrogens is 328 g/mol. The van der Waals surface area contributed by atoms with E-state index in [4.69, 9.17) is 16.3 Å². The van der Waals surface area contributed by atoms with Crippen LogP contribution in [0, 0.1) is 0 Å². The van der Waals surface area contributed by atoms with Gasteiger partial charge in [0.25, 0.3) is 0 Å². The molecule has 128 valence electrons. The van der Waals surface area contributed by atoms with Crippen LogP contribution in [-0.2, 0) is 11.3 Å². The van der Waals surface area contributed by atoms with Gasteiger partial charge in [-0.2, -0.15) is 10.1 Å². The zero-order valence-electron chi connectivity index (χ0n) is 13.4. The van der Waals surface area contributed by atoms with Crippen molar-refractivity contribution in [2.75, 3.05) is 50.0 Å². The Morgan fingerprint density at radius 1 is 1.17 bits per heavy atom. The lowest BCUT2D eigenvalue weighted by Crippen LogP contribution is -2.39. The number of benzene rings is 1. The molecule has 3 rings (SSSR count). The zero-order valence-corrected chi connectivity index (χ0v) is 14.2. The molecule has 0 bridgehead atoms. The molecule has 0 atom stereocenters. The van der Waals surface area contributed by atoms with Crippen LogP contribution in [0.25, 0.3) is 0 Å². The number of nitrogens with one attached hydrogen (secondary N) is 2. The van der Waals surface area contributed by atoms with Gasteiger partial charge in [0.05, 0.1) is 19.4 Å². The summed E-state index contributed by atoms with van der Waals surface area (Å²) in [4.78, 5) is 6.77. The van der Waals surface area contributed by atoms with Crippen LogP contribution in [0.5, 0.6) is 0 Å². The Kier molecular flexibility index (Phi) is 6.17. The Bertz CT molecular complexity index is 650. The summed E-state index contributed by atoms with van der Waals surface area (Å²) in [5.41, 5.74) is 1.01. The van der Waals surface area contributed by atoms with Gasteiger partial charge in [0.15, 0.2) is 5.82 Å². The molecule has 1 aliphatic rings. The molecule has 0 unspecified atom stereocenters. The third-order valence-electron chi connectivity index (χ3n) is 3.79. The molecular formula is C16H21ClN6O. The van der Waals surface area contributed by atoms with Crippen LogP contribution in [-0.4, -0.2) is 59.5 Å². The number of nitrogens with zero attached hydrogens (tertiary/aromatic N) is 4. The first-order valence-electron chi connectivity index (χ1n) is 8.02. The Balaban J connectivity index is 1.47. The maximum absolute atomic E-state index is 6.15. The predicted octanol–water partition coefficient (Wildman–Crippen LogP) is 1.88. The second kappa shape index (κ2) is 8.77. The fraction of sp³-hybridized carbons (Fsp3) is 0.438. The minimum absolute atomic E-state index is 0.521. The Morgan fingerprint density at radius 2 is 2.00 bits per heavy atom. The maximum Gasteiger partial charge on any atom is 0.244 e. The monoisotopic (exact) mass is 348 g/mol. The van der Waals surface area contributed by atoms with Crippen LogP contribution in [0.2, 0.25) is 5.02 Å². The van der Waals surface area contributed by atoms with E-state index in [-0.39, 0.29) is 0 Å². The van der Waals surface area contributed by atoms with E-state index in [1.165, 1.54) is 0 Å². The van der Waals surface area contributed by atoms with Crippen molar-refractivity contribution in [1.82, 2.24) is 20.1 Å². The Hall–Kier alpha value is -1.96. The first-order chi connectivity index (χ1) is 11.8. The molecule has 1 saturated heterocycles. The Morgan fingerprint density at radius 3 is 2.83 bits per heavy atom. The van der Waals surface area contributed by atoms with Gasteiger partial charge in [-0.1, -0.05) is 29.8 Å². The van der Waals surface area contributed by atoms with Gasteiger partial charge >= 0.3 is 0 Å². The standard InChI is InChI=1S/C16H21ClN6O/c17-14-4-2-1-3-13(14)11-19-15-12-20-22-16(21-15)18-5-6-23-7-9-24-10-8-23/h1-4,12H,5-11H2,(H2,18,19,21,22). The van der Waals surface area contributed by atoms with E-state index >= 15 is 0 Å². The SMILES string of the molecule is Clc1ccccc1CNc1cnnc(NCCN2CCOCC2)n1. The third-order valence-corrected chi connectivity index (χ3v) is 4.16. The van der Waals surface area contributed by atoms with E-state index in [1.807, 2.05) is 24.3 Å². The molecule has 7 nitrogen and oxygen atoms in total. The van der Waals surface area contributed by atoms with E-state index < -0.39 is 0 Å². The van der Waals surface area contributed by atoms with Crippen molar-refractivity contribution >= 4 is 23.4 Å². The minimum atomic E-state index is 0.521. The number of morpholine rings is 1. The van der Waals surface area contributed by atoms with Crippen molar-refractivity contribution in [1.29, 1.82) is 0 Å². The van der Waals surface area contributed by atoms with E-state index in [1.54, 1.807) is 6.20 Å². The summed E-state index contributed by atoms with van der Waals surface area (Å²) < 4.78 is 5.34. The number of rotatable bonds is 7. The van der Waals surface area contributed by atoms with Gasteiger partial charge in [0.2, 0.25) is 5.95 Å². The molecule has 1 fully saturated rings. The van der Waals surface area contributed by atoms with Crippen molar-refractivity contribution < 1.29 is 4.74 Å². The van der Waals surface area contributed by atoms with Gasteiger partial charge < -0.3 is 15.4 Å².